The zero-order chi connectivity index (χ0) is 12.8. The molecule has 6 heteroatoms. The van der Waals surface area contributed by atoms with Gasteiger partial charge in [-0.1, -0.05) is 0 Å². The Hall–Kier alpha value is -1.37. The van der Waals surface area contributed by atoms with Crippen molar-refractivity contribution < 1.29 is 0 Å². The van der Waals surface area contributed by atoms with Crippen molar-refractivity contribution in [2.45, 2.75) is 17.9 Å². The molecule has 17 heavy (non-hydrogen) atoms. The molecule has 0 heterocycles. The summed E-state index contributed by atoms with van der Waals surface area (Å²) in [5.74, 6) is 0.289. The normalized spacial score (nSPS) is 14.8. The van der Waals surface area contributed by atoms with Crippen LogP contribution in [0.5, 0.6) is 0 Å². The lowest BCUT2D eigenvalue weighted by Gasteiger charge is -2.09. The first-order valence-electron chi connectivity index (χ1n) is 5.18. The molecule has 0 spiro atoms. The third kappa shape index (κ3) is 4.18. The van der Waals surface area contributed by atoms with Crippen molar-refractivity contribution in [2.24, 2.45) is 27.2 Å². The van der Waals surface area contributed by atoms with Crippen LogP contribution in [0.25, 0.3) is 0 Å². The van der Waals surface area contributed by atoms with Crippen LogP contribution in [-0.4, -0.2) is 24.3 Å². The van der Waals surface area contributed by atoms with E-state index in [9.17, 15) is 0 Å². The predicted molar refractivity (Wildman–Crippen MR) is 75.1 cm³/mol. The highest BCUT2D eigenvalue weighted by molar-refractivity contribution is 7.80. The molecular weight excluding hydrogens is 234 g/mol. The van der Waals surface area contributed by atoms with E-state index in [2.05, 4.69) is 22.6 Å². The van der Waals surface area contributed by atoms with Gasteiger partial charge in [0.25, 0.3) is 0 Å². The molecule has 0 bridgehead atoms. The number of aliphatic imine (C=N–C) groups is 2. The van der Waals surface area contributed by atoms with Crippen LogP contribution < -0.4 is 17.2 Å². The molecule has 0 saturated carbocycles. The van der Waals surface area contributed by atoms with Gasteiger partial charge in [-0.25, -0.2) is 4.99 Å². The molecule has 92 valence electrons. The van der Waals surface area contributed by atoms with Gasteiger partial charge < -0.3 is 17.2 Å². The van der Waals surface area contributed by atoms with Crippen molar-refractivity contribution in [2.75, 3.05) is 6.67 Å². The molecule has 1 unspecified atom stereocenters. The highest BCUT2D eigenvalue weighted by Gasteiger charge is 2.09. The molecule has 1 atom stereocenters. The Morgan fingerprint density at radius 1 is 1.35 bits per heavy atom. The molecule has 0 amide bonds. The van der Waals surface area contributed by atoms with Crippen LogP contribution in [-0.2, 0) is 0 Å². The van der Waals surface area contributed by atoms with Crippen LogP contribution in [0.1, 0.15) is 6.92 Å². The maximum absolute atomic E-state index is 5.84. The predicted octanol–water partition coefficient (Wildman–Crippen LogP) is 0.668. The molecule has 0 saturated heterocycles. The van der Waals surface area contributed by atoms with E-state index >= 15 is 0 Å². The molecule has 1 rings (SSSR count). The smallest absolute Gasteiger partial charge is 0.147 e. The van der Waals surface area contributed by atoms with Crippen molar-refractivity contribution >= 4 is 29.9 Å². The molecule has 5 nitrogen and oxygen atoms in total. The quantitative estimate of drug-likeness (QED) is 0.359. The van der Waals surface area contributed by atoms with Crippen molar-refractivity contribution in [1.82, 2.24) is 0 Å². The van der Waals surface area contributed by atoms with Gasteiger partial charge in [-0.05, 0) is 31.2 Å². The average molecular weight is 251 g/mol. The number of hydrogen-bond donors (Lipinski definition) is 4. The van der Waals surface area contributed by atoms with Gasteiger partial charge in [0.05, 0.1) is 18.1 Å². The van der Waals surface area contributed by atoms with E-state index in [1.807, 2.05) is 24.3 Å². The fourth-order valence-corrected chi connectivity index (χ4v) is 1.43. The Morgan fingerprint density at radius 2 is 1.94 bits per heavy atom. The number of nitrogens with zero attached hydrogens (tertiary/aromatic N) is 2. The zero-order valence-corrected chi connectivity index (χ0v) is 10.6. The Labute approximate surface area is 106 Å². The van der Waals surface area contributed by atoms with E-state index < -0.39 is 0 Å². The maximum atomic E-state index is 5.84. The monoisotopic (exact) mass is 251 g/mol. The minimum atomic E-state index is -0.300. The largest absolute Gasteiger partial charge is 0.382 e. The lowest BCUT2D eigenvalue weighted by Crippen LogP contribution is -2.38. The van der Waals surface area contributed by atoms with Crippen LogP contribution in [0.3, 0.4) is 0 Å². The van der Waals surface area contributed by atoms with E-state index in [-0.39, 0.29) is 18.5 Å². The Balaban J connectivity index is 2.98. The molecule has 0 radical (unpaired) electrons. The molecular formula is C11H17N5S. The van der Waals surface area contributed by atoms with E-state index in [4.69, 9.17) is 17.2 Å². The first-order chi connectivity index (χ1) is 8.04. The van der Waals surface area contributed by atoms with Crippen LogP contribution in [0.4, 0.5) is 5.69 Å². The summed E-state index contributed by atoms with van der Waals surface area (Å²) >= 11 is 4.19. The van der Waals surface area contributed by atoms with Gasteiger partial charge >= 0.3 is 0 Å². The fourth-order valence-electron chi connectivity index (χ4n) is 1.28. The summed E-state index contributed by atoms with van der Waals surface area (Å²) in [6, 6.07) is 7.00. The highest BCUT2D eigenvalue weighted by Crippen LogP contribution is 2.15. The number of benzene rings is 1. The summed E-state index contributed by atoms with van der Waals surface area (Å²) in [7, 11) is 0. The summed E-state index contributed by atoms with van der Waals surface area (Å²) in [6.07, 6.45) is 0. The van der Waals surface area contributed by atoms with Crippen molar-refractivity contribution in [3.05, 3.63) is 24.3 Å². The Bertz CT molecular complexity index is 422. The molecule has 0 aliphatic rings. The van der Waals surface area contributed by atoms with E-state index in [1.54, 1.807) is 6.92 Å². The van der Waals surface area contributed by atoms with Crippen LogP contribution in [0, 0.1) is 0 Å². The lowest BCUT2D eigenvalue weighted by atomic mass is 10.2. The fraction of sp³-hybridized carbons (Fsp3) is 0.273. The third-order valence-electron chi connectivity index (χ3n) is 2.05. The van der Waals surface area contributed by atoms with Crippen molar-refractivity contribution in [3.8, 4) is 0 Å². The summed E-state index contributed by atoms with van der Waals surface area (Å²) in [5, 5.41) is 0. The molecule has 6 N–H and O–H groups in total. The molecule has 1 aromatic carbocycles. The molecule has 1 aromatic rings. The molecule has 0 aromatic heterocycles. The van der Waals surface area contributed by atoms with Gasteiger partial charge in [-0.15, -0.1) is 12.6 Å². The maximum Gasteiger partial charge on any atom is 0.147 e. The topological polar surface area (TPSA) is 103 Å². The van der Waals surface area contributed by atoms with Gasteiger partial charge in [0.15, 0.2) is 0 Å². The zero-order valence-electron chi connectivity index (χ0n) is 9.67. The molecule has 0 aliphatic heterocycles. The second kappa shape index (κ2) is 6.39. The summed E-state index contributed by atoms with van der Waals surface area (Å²) in [5.41, 5.74) is 18.2. The summed E-state index contributed by atoms with van der Waals surface area (Å²) in [6.45, 7) is 1.93. The second-order valence-corrected chi connectivity index (χ2v) is 4.04. The number of rotatable bonds is 4. The van der Waals surface area contributed by atoms with Gasteiger partial charge in [0.1, 0.15) is 5.84 Å². The summed E-state index contributed by atoms with van der Waals surface area (Å²) < 4.78 is 0. The lowest BCUT2D eigenvalue weighted by molar-refractivity contribution is 0.954. The van der Waals surface area contributed by atoms with Gasteiger partial charge in [-0.3, -0.25) is 4.99 Å². The van der Waals surface area contributed by atoms with E-state index in [0.717, 1.165) is 10.6 Å². The Morgan fingerprint density at radius 3 is 2.41 bits per heavy atom. The standard InChI is InChI=1S/C11H17N5S/c1-7(13)10(15-6-12)11(14)16-8-2-4-9(17)5-3-8/h2-5,7,17H,6,12-13H2,1H3,(H2,14,16). The molecule has 0 aliphatic carbocycles. The second-order valence-electron chi connectivity index (χ2n) is 3.53. The first kappa shape index (κ1) is 13.7. The van der Waals surface area contributed by atoms with Crippen molar-refractivity contribution in [1.29, 1.82) is 0 Å². The third-order valence-corrected chi connectivity index (χ3v) is 2.35. The van der Waals surface area contributed by atoms with E-state index in [0.29, 0.717) is 5.71 Å². The number of thiol groups is 1. The number of hydrogen-bond acceptors (Lipinski definition) is 5. The first-order valence-corrected chi connectivity index (χ1v) is 5.63. The van der Waals surface area contributed by atoms with Gasteiger partial charge in [0, 0.05) is 10.9 Å². The minimum Gasteiger partial charge on any atom is -0.382 e. The average Bonchev–Trinajstić information content (AvgIpc) is 2.28. The number of amidine groups is 1. The highest BCUT2D eigenvalue weighted by atomic mass is 32.1. The van der Waals surface area contributed by atoms with E-state index in [1.165, 1.54) is 0 Å². The van der Waals surface area contributed by atoms with Crippen molar-refractivity contribution in [3.63, 3.8) is 0 Å². The SMILES string of the molecule is CC(N)C(=NCN)C(N)=Nc1ccc(S)cc1. The Kier molecular flexibility index (Phi) is 5.14. The van der Waals surface area contributed by atoms with Gasteiger partial charge in [0.2, 0.25) is 0 Å². The summed E-state index contributed by atoms with van der Waals surface area (Å²) in [4.78, 5) is 9.14. The molecule has 0 fully saturated rings. The number of nitrogens with two attached hydrogens (primary N) is 3. The van der Waals surface area contributed by atoms with Crippen LogP contribution >= 0.6 is 12.6 Å². The van der Waals surface area contributed by atoms with Crippen LogP contribution in [0.2, 0.25) is 0 Å². The van der Waals surface area contributed by atoms with Gasteiger partial charge in [-0.2, -0.15) is 0 Å². The van der Waals surface area contributed by atoms with Crippen LogP contribution in [0.15, 0.2) is 39.1 Å². The minimum absolute atomic E-state index is 0.142.